The second-order valence-electron chi connectivity index (χ2n) is 8.01. The Balaban J connectivity index is 1.57. The van der Waals surface area contributed by atoms with Crippen LogP contribution in [0.1, 0.15) is 48.6 Å². The van der Waals surface area contributed by atoms with Crippen LogP contribution in [0.4, 0.5) is 13.2 Å². The molecule has 5 nitrogen and oxygen atoms in total. The summed E-state index contributed by atoms with van der Waals surface area (Å²) >= 11 is 5.45. The number of fused-ring (bicyclic) bond motifs is 1. The largest absolute Gasteiger partial charge is 0.346 e. The van der Waals surface area contributed by atoms with Gasteiger partial charge < -0.3 is 14.5 Å². The van der Waals surface area contributed by atoms with E-state index in [2.05, 4.69) is 5.32 Å². The molecule has 4 rings (SSSR count). The van der Waals surface area contributed by atoms with E-state index in [4.69, 9.17) is 12.2 Å². The zero-order chi connectivity index (χ0) is 21.6. The van der Waals surface area contributed by atoms with Gasteiger partial charge in [0.1, 0.15) is 5.82 Å². The van der Waals surface area contributed by atoms with Gasteiger partial charge in [0.15, 0.2) is 22.2 Å². The van der Waals surface area contributed by atoms with Crippen LogP contribution in [0.5, 0.6) is 0 Å². The predicted molar refractivity (Wildman–Crippen MR) is 106 cm³/mol. The van der Waals surface area contributed by atoms with Gasteiger partial charge in [-0.1, -0.05) is 6.42 Å². The lowest BCUT2D eigenvalue weighted by Gasteiger charge is -2.21. The summed E-state index contributed by atoms with van der Waals surface area (Å²) in [4.78, 5) is 24.6. The molecule has 0 radical (unpaired) electrons. The third-order valence-electron chi connectivity index (χ3n) is 6.13. The molecule has 1 aliphatic heterocycles. The Morgan fingerprint density at radius 2 is 1.97 bits per heavy atom. The van der Waals surface area contributed by atoms with Crippen molar-refractivity contribution >= 4 is 23.9 Å². The van der Waals surface area contributed by atoms with Gasteiger partial charge in [-0.05, 0) is 43.6 Å². The highest BCUT2D eigenvalue weighted by Gasteiger charge is 2.33. The van der Waals surface area contributed by atoms with Gasteiger partial charge in [-0.2, -0.15) is 0 Å². The predicted octanol–water partition coefficient (Wildman–Crippen LogP) is 3.48. The summed E-state index contributed by atoms with van der Waals surface area (Å²) in [5, 5.41) is 2.80. The van der Waals surface area contributed by atoms with E-state index in [-0.39, 0.29) is 36.6 Å². The number of ketones is 1. The number of rotatable bonds is 4. The number of imidazole rings is 1. The maximum atomic E-state index is 14.3. The second kappa shape index (κ2) is 8.02. The first-order valence-corrected chi connectivity index (χ1v) is 10.4. The van der Waals surface area contributed by atoms with Gasteiger partial charge in [-0.25, -0.2) is 13.2 Å². The third kappa shape index (κ3) is 3.59. The smallest absolute Gasteiger partial charge is 0.226 e. The topological polar surface area (TPSA) is 56.0 Å². The van der Waals surface area contributed by atoms with E-state index >= 15 is 0 Å². The van der Waals surface area contributed by atoms with E-state index in [1.54, 1.807) is 16.2 Å². The summed E-state index contributed by atoms with van der Waals surface area (Å²) in [6.07, 6.45) is 3.11. The normalized spacial score (nSPS) is 21.0. The first-order chi connectivity index (χ1) is 14.3. The Morgan fingerprint density at radius 1 is 1.23 bits per heavy atom. The highest BCUT2D eigenvalue weighted by Crippen LogP contribution is 2.36. The quantitative estimate of drug-likeness (QED) is 0.589. The monoisotopic (exact) mass is 437 g/mol. The molecule has 1 N–H and O–H groups in total. The first kappa shape index (κ1) is 20.8. The number of halogens is 3. The number of amides is 1. The van der Waals surface area contributed by atoms with Crippen molar-refractivity contribution < 1.29 is 22.8 Å². The molecule has 2 heterocycles. The standard InChI is InChI=1S/C21H22F3N3O2S/c1-26-15(9-18(29)25-14-4-2-3-5-17(14)28)16-8-11(10-27(16)21(26)30)19-12(22)6-7-13(23)20(19)24/h6-7,11,14H,2-5,8-10H2,1H3,(H,25,29)/t11-,14+/m0/s1. The second-order valence-corrected chi connectivity index (χ2v) is 8.38. The van der Waals surface area contributed by atoms with Gasteiger partial charge in [0.05, 0.1) is 12.5 Å². The minimum Gasteiger partial charge on any atom is -0.346 e. The summed E-state index contributed by atoms with van der Waals surface area (Å²) < 4.78 is 46.1. The Bertz CT molecular complexity index is 1090. The van der Waals surface area contributed by atoms with Gasteiger partial charge in [0.2, 0.25) is 5.91 Å². The lowest BCUT2D eigenvalue weighted by Crippen LogP contribution is -2.43. The van der Waals surface area contributed by atoms with E-state index in [1.165, 1.54) is 0 Å². The summed E-state index contributed by atoms with van der Waals surface area (Å²) in [6.45, 7) is 0.210. The van der Waals surface area contributed by atoms with Crippen molar-refractivity contribution in [2.75, 3.05) is 0 Å². The van der Waals surface area contributed by atoms with Gasteiger partial charge in [-0.15, -0.1) is 0 Å². The molecular formula is C21H22F3N3O2S. The zero-order valence-corrected chi connectivity index (χ0v) is 17.3. The van der Waals surface area contributed by atoms with E-state index in [9.17, 15) is 22.8 Å². The van der Waals surface area contributed by atoms with Crippen molar-refractivity contribution in [3.8, 4) is 0 Å². The number of nitrogens with zero attached hydrogens (tertiary/aromatic N) is 2. The van der Waals surface area contributed by atoms with E-state index in [0.717, 1.165) is 25.0 Å². The molecule has 160 valence electrons. The number of hydrogen-bond acceptors (Lipinski definition) is 3. The van der Waals surface area contributed by atoms with Crippen LogP contribution >= 0.6 is 12.2 Å². The lowest BCUT2D eigenvalue weighted by molar-refractivity contribution is -0.128. The van der Waals surface area contributed by atoms with Gasteiger partial charge >= 0.3 is 0 Å². The van der Waals surface area contributed by atoms with E-state index < -0.39 is 29.4 Å². The fraction of sp³-hybridized carbons (Fsp3) is 0.476. The number of aromatic nitrogens is 2. The Kier molecular flexibility index (Phi) is 5.57. The first-order valence-electron chi connectivity index (χ1n) is 10.0. The van der Waals surface area contributed by atoms with Crippen LogP contribution in [0.3, 0.4) is 0 Å². The summed E-state index contributed by atoms with van der Waals surface area (Å²) in [6, 6.07) is 1.23. The molecule has 0 unspecified atom stereocenters. The molecular weight excluding hydrogens is 415 g/mol. The van der Waals surface area contributed by atoms with Crippen molar-refractivity contribution in [3.63, 3.8) is 0 Å². The Hall–Kier alpha value is -2.42. The van der Waals surface area contributed by atoms with Gasteiger partial charge in [-0.3, -0.25) is 9.59 Å². The molecule has 9 heteroatoms. The van der Waals surface area contributed by atoms with Crippen LogP contribution in [0.2, 0.25) is 0 Å². The van der Waals surface area contributed by atoms with Crippen LogP contribution in [0, 0.1) is 22.2 Å². The number of carbonyl (C=O) groups excluding carboxylic acids is 2. The average molecular weight is 437 g/mol. The fourth-order valence-corrected chi connectivity index (χ4v) is 4.85. The molecule has 0 bridgehead atoms. The number of nitrogens with one attached hydrogen (secondary N) is 1. The molecule has 0 spiro atoms. The summed E-state index contributed by atoms with van der Waals surface area (Å²) in [7, 11) is 1.74. The lowest BCUT2D eigenvalue weighted by atomic mass is 9.93. The van der Waals surface area contributed by atoms with Crippen LogP contribution in [0.25, 0.3) is 0 Å². The Labute approximate surface area is 176 Å². The maximum Gasteiger partial charge on any atom is 0.226 e. The van der Waals surface area contributed by atoms with Crippen LogP contribution in [-0.4, -0.2) is 26.9 Å². The third-order valence-corrected chi connectivity index (χ3v) is 6.62. The number of hydrogen-bond donors (Lipinski definition) is 1. The molecule has 30 heavy (non-hydrogen) atoms. The molecule has 1 fully saturated rings. The highest BCUT2D eigenvalue weighted by molar-refractivity contribution is 7.71. The number of benzene rings is 1. The van der Waals surface area contributed by atoms with E-state index in [0.29, 0.717) is 29.0 Å². The molecule has 2 atom stereocenters. The van der Waals surface area contributed by atoms with Crippen LogP contribution in [0.15, 0.2) is 12.1 Å². The highest BCUT2D eigenvalue weighted by atomic mass is 32.1. The molecule has 0 saturated heterocycles. The van der Waals surface area contributed by atoms with Crippen molar-refractivity contribution in [2.45, 2.75) is 57.0 Å². The van der Waals surface area contributed by atoms with Crippen molar-refractivity contribution in [1.82, 2.24) is 14.5 Å². The minimum atomic E-state index is -1.18. The molecule has 1 amide bonds. The molecule has 2 aliphatic rings. The average Bonchev–Trinajstić information content (AvgIpc) is 3.22. The molecule has 2 aromatic rings. The zero-order valence-electron chi connectivity index (χ0n) is 16.5. The van der Waals surface area contributed by atoms with Crippen molar-refractivity contribution in [2.24, 2.45) is 7.05 Å². The van der Waals surface area contributed by atoms with Crippen LogP contribution < -0.4 is 5.32 Å². The summed E-state index contributed by atoms with van der Waals surface area (Å²) in [5.41, 5.74) is 1.06. The van der Waals surface area contributed by atoms with Gasteiger partial charge in [0, 0.05) is 42.9 Å². The summed E-state index contributed by atoms with van der Waals surface area (Å²) in [5.74, 6) is -3.93. The van der Waals surface area contributed by atoms with Crippen molar-refractivity contribution in [1.29, 1.82) is 0 Å². The number of carbonyl (C=O) groups is 2. The van der Waals surface area contributed by atoms with Crippen molar-refractivity contribution in [3.05, 3.63) is 51.3 Å². The Morgan fingerprint density at radius 3 is 2.70 bits per heavy atom. The molecule has 1 aromatic heterocycles. The maximum absolute atomic E-state index is 14.3. The molecule has 1 aromatic carbocycles. The van der Waals surface area contributed by atoms with Gasteiger partial charge in [0.25, 0.3) is 0 Å². The van der Waals surface area contributed by atoms with E-state index in [1.807, 2.05) is 0 Å². The molecule has 1 aliphatic carbocycles. The fourth-order valence-electron chi connectivity index (χ4n) is 4.56. The van der Waals surface area contributed by atoms with Crippen LogP contribution in [-0.2, 0) is 36.0 Å². The molecule has 1 saturated carbocycles. The SMILES string of the molecule is Cn1c(CC(=O)N[C@@H]2CCCCC2=O)c2n(c1=S)C[C@@H](c1c(F)ccc(F)c1F)C2. The minimum absolute atomic E-state index is 0.00703. The number of Topliss-reactive ketones (excluding diaryl/α,β-unsaturated/α-hetero) is 1.